The molecule has 0 aliphatic carbocycles. The van der Waals surface area contributed by atoms with Crippen molar-refractivity contribution in [3.8, 4) is 0 Å². The lowest BCUT2D eigenvalue weighted by Gasteiger charge is -2.18. The molecular formula is C35H41N5O6. The van der Waals surface area contributed by atoms with Gasteiger partial charge < -0.3 is 30.2 Å². The zero-order chi connectivity index (χ0) is 33.4. The molecule has 2 aliphatic rings. The average Bonchev–Trinajstić information content (AvgIpc) is 3.71. The molecule has 3 aromatic rings. The molecule has 0 radical (unpaired) electrons. The highest BCUT2D eigenvalue weighted by Gasteiger charge is 2.35. The first kappa shape index (κ1) is 32.6. The third-order valence-electron chi connectivity index (χ3n) is 9.44. The largest absolute Gasteiger partial charge is 0.481 e. The second-order valence-electron chi connectivity index (χ2n) is 12.0. The number of aliphatic hydroxyl groups is 1. The van der Waals surface area contributed by atoms with E-state index in [1.54, 1.807) is 7.05 Å². The number of aliphatic carboxylic acids is 1. The Bertz CT molecular complexity index is 1950. The van der Waals surface area contributed by atoms with Crippen LogP contribution in [0.1, 0.15) is 96.0 Å². The van der Waals surface area contributed by atoms with Crippen molar-refractivity contribution < 1.29 is 29.3 Å². The molecule has 0 saturated heterocycles. The van der Waals surface area contributed by atoms with E-state index in [0.717, 1.165) is 50.7 Å². The van der Waals surface area contributed by atoms with Crippen LogP contribution in [-0.4, -0.2) is 62.2 Å². The van der Waals surface area contributed by atoms with Crippen molar-refractivity contribution >= 4 is 51.1 Å². The van der Waals surface area contributed by atoms with Gasteiger partial charge in [0.1, 0.15) is 0 Å². The topological polar surface area (TPSA) is 170 Å². The Labute approximate surface area is 267 Å². The van der Waals surface area contributed by atoms with Crippen molar-refractivity contribution in [2.24, 2.45) is 0 Å². The average molecular weight is 628 g/mol. The van der Waals surface area contributed by atoms with Gasteiger partial charge in [-0.2, -0.15) is 0 Å². The van der Waals surface area contributed by atoms with Gasteiger partial charge in [-0.1, -0.05) is 13.8 Å². The summed E-state index contributed by atoms with van der Waals surface area (Å²) in [5.41, 5.74) is 10.5. The molecule has 2 unspecified atom stereocenters. The molecule has 0 saturated carbocycles. The van der Waals surface area contributed by atoms with Gasteiger partial charge in [0.05, 0.1) is 42.8 Å². The number of hydrogen-bond donors (Lipinski definition) is 5. The maximum absolute atomic E-state index is 13.5. The van der Waals surface area contributed by atoms with Gasteiger partial charge in [0.15, 0.2) is 0 Å². The molecular weight excluding hydrogens is 586 g/mol. The summed E-state index contributed by atoms with van der Waals surface area (Å²) < 4.78 is 5.09. The van der Waals surface area contributed by atoms with Gasteiger partial charge >= 0.3 is 11.9 Å². The van der Waals surface area contributed by atoms with E-state index >= 15 is 0 Å². The third-order valence-corrected chi connectivity index (χ3v) is 9.44. The number of ether oxygens (including phenoxy) is 1. The maximum atomic E-state index is 13.5. The standard InChI is InChI=1S/C35H41N5O6/c1-8-20-16(2)25-13-29-23(15-41)18(4)24(38-29)12-26-17(3)21(9-10-30(42)43)33(39-26)22(11-31(44)46-7)34-32(35(45)36-6)19(5)27(40-34)14-28(20)37-25/h12-14,17,21,37-38,41H,8-11,15H2,1-7H3,(H,36,45)(H,42,43). The fourth-order valence-electron chi connectivity index (χ4n) is 6.71. The number of fused-ring (bicyclic) bond motifs is 8. The van der Waals surface area contributed by atoms with Crippen LogP contribution >= 0.6 is 0 Å². The van der Waals surface area contributed by atoms with E-state index in [0.29, 0.717) is 39.5 Å². The van der Waals surface area contributed by atoms with Crippen LogP contribution in [0.25, 0.3) is 33.2 Å². The number of esters is 1. The number of hydrogen-bond acceptors (Lipinski definition) is 7. The number of carboxylic acids is 1. The summed E-state index contributed by atoms with van der Waals surface area (Å²) in [4.78, 5) is 55.2. The number of nitrogens with one attached hydrogen (secondary N) is 3. The molecule has 2 atom stereocenters. The first-order chi connectivity index (χ1) is 21.9. The second-order valence-corrected chi connectivity index (χ2v) is 12.0. The van der Waals surface area contributed by atoms with E-state index in [4.69, 9.17) is 14.7 Å². The highest BCUT2D eigenvalue weighted by Crippen LogP contribution is 2.43. The Morgan fingerprint density at radius 3 is 2.22 bits per heavy atom. The van der Waals surface area contributed by atoms with E-state index in [2.05, 4.69) is 22.2 Å². The van der Waals surface area contributed by atoms with Crippen LogP contribution in [0.4, 0.5) is 0 Å². The van der Waals surface area contributed by atoms with Gasteiger partial charge in [0, 0.05) is 64.2 Å². The molecule has 5 N–H and O–H groups in total. The number of aliphatic hydroxyl groups excluding tert-OH is 1. The summed E-state index contributed by atoms with van der Waals surface area (Å²) in [6.45, 7) is 9.70. The minimum absolute atomic E-state index is 0.106. The number of carboxylic acid groups (broad SMARTS) is 1. The first-order valence-electron chi connectivity index (χ1n) is 15.5. The van der Waals surface area contributed by atoms with E-state index in [1.165, 1.54) is 7.11 Å². The highest BCUT2D eigenvalue weighted by molar-refractivity contribution is 6.27. The summed E-state index contributed by atoms with van der Waals surface area (Å²) in [7, 11) is 2.84. The molecule has 11 nitrogen and oxygen atoms in total. The lowest BCUT2D eigenvalue weighted by Crippen LogP contribution is -2.21. The van der Waals surface area contributed by atoms with Crippen LogP contribution in [-0.2, 0) is 38.6 Å². The Kier molecular flexibility index (Phi) is 9.16. The van der Waals surface area contributed by atoms with Gasteiger partial charge in [-0.25, -0.2) is 4.98 Å². The number of rotatable bonds is 8. The van der Waals surface area contributed by atoms with E-state index < -0.39 is 11.9 Å². The predicted octanol–water partition coefficient (Wildman–Crippen LogP) is 5.13. The van der Waals surface area contributed by atoms with Crippen LogP contribution in [0.2, 0.25) is 0 Å². The third kappa shape index (κ3) is 5.71. The van der Waals surface area contributed by atoms with Crippen molar-refractivity contribution in [3.63, 3.8) is 0 Å². The highest BCUT2D eigenvalue weighted by atomic mass is 16.5. The molecule has 11 heteroatoms. The number of carbonyl (C=O) groups is 3. The fourth-order valence-corrected chi connectivity index (χ4v) is 6.71. The summed E-state index contributed by atoms with van der Waals surface area (Å²) in [5, 5.41) is 22.7. The normalized spacial score (nSPS) is 16.1. The van der Waals surface area contributed by atoms with Crippen LogP contribution in [0, 0.1) is 13.8 Å². The minimum Gasteiger partial charge on any atom is -0.481 e. The van der Waals surface area contributed by atoms with Crippen molar-refractivity contribution in [2.75, 3.05) is 14.2 Å². The number of methoxy groups -OCH3 is 1. The molecule has 8 bridgehead atoms. The Morgan fingerprint density at radius 2 is 1.61 bits per heavy atom. The predicted molar refractivity (Wildman–Crippen MR) is 176 cm³/mol. The van der Waals surface area contributed by atoms with E-state index in [1.807, 2.05) is 45.9 Å². The molecule has 1 amide bonds. The van der Waals surface area contributed by atoms with Gasteiger partial charge in [0.25, 0.3) is 5.91 Å². The Balaban J connectivity index is 2.03. The van der Waals surface area contributed by atoms with Gasteiger partial charge in [0.2, 0.25) is 0 Å². The lowest BCUT2D eigenvalue weighted by atomic mass is 9.84. The van der Waals surface area contributed by atoms with Crippen molar-refractivity contribution in [3.05, 3.63) is 68.8 Å². The molecule has 3 aromatic heterocycles. The van der Waals surface area contributed by atoms with Crippen LogP contribution in [0.5, 0.6) is 0 Å². The van der Waals surface area contributed by atoms with Crippen molar-refractivity contribution in [2.45, 2.75) is 78.7 Å². The molecule has 0 spiro atoms. The number of aromatic nitrogens is 4. The van der Waals surface area contributed by atoms with Gasteiger partial charge in [-0.15, -0.1) is 0 Å². The number of amides is 1. The zero-order valence-corrected chi connectivity index (χ0v) is 27.3. The summed E-state index contributed by atoms with van der Waals surface area (Å²) >= 11 is 0. The molecule has 5 rings (SSSR count). The molecule has 2 aliphatic heterocycles. The van der Waals surface area contributed by atoms with Crippen molar-refractivity contribution in [1.29, 1.82) is 0 Å². The van der Waals surface area contributed by atoms with Crippen LogP contribution in [0.3, 0.4) is 0 Å². The zero-order valence-electron chi connectivity index (χ0n) is 27.3. The lowest BCUT2D eigenvalue weighted by molar-refractivity contribution is -0.140. The number of aryl methyl sites for hydroxylation is 3. The Morgan fingerprint density at radius 1 is 0.957 bits per heavy atom. The quantitative estimate of drug-likeness (QED) is 0.214. The van der Waals surface area contributed by atoms with Crippen LogP contribution < -0.4 is 5.32 Å². The van der Waals surface area contributed by atoms with Gasteiger partial charge in [-0.05, 0) is 74.1 Å². The number of H-pyrrole nitrogens is 2. The number of nitrogens with zero attached hydrogens (tertiary/aromatic N) is 2. The number of aromatic amines is 2. The molecule has 242 valence electrons. The smallest absolute Gasteiger partial charge is 0.310 e. The summed E-state index contributed by atoms with van der Waals surface area (Å²) in [5.74, 6) is -2.44. The monoisotopic (exact) mass is 627 g/mol. The van der Waals surface area contributed by atoms with E-state index in [-0.39, 0.29) is 43.6 Å². The molecule has 0 fully saturated rings. The molecule has 5 heterocycles. The number of likely N-dealkylation sites (N-methyl/N-ethyl adjacent to an activating group) is 1. The van der Waals surface area contributed by atoms with Gasteiger partial charge in [-0.3, -0.25) is 19.4 Å². The summed E-state index contributed by atoms with van der Waals surface area (Å²) in [6.07, 6.45) is 0.690. The fraction of sp³-hybridized carbons (Fsp3) is 0.400. The first-order valence-corrected chi connectivity index (χ1v) is 15.5. The summed E-state index contributed by atoms with van der Waals surface area (Å²) in [6, 6.07) is 5.84. The number of carbonyl (C=O) groups excluding carboxylic acids is 2. The maximum Gasteiger partial charge on any atom is 0.310 e. The molecule has 46 heavy (non-hydrogen) atoms. The number of allylic oxidation sites excluding steroid dienone is 1. The Hall–Kier alpha value is -4.77. The van der Waals surface area contributed by atoms with Crippen molar-refractivity contribution in [1.82, 2.24) is 25.3 Å². The molecule has 0 aromatic carbocycles. The SMILES string of the molecule is CCc1c(C)c2cc3[nH]c(cc4nc(c(CC(=O)OC)c5nc(cc1[nH]2)C(C)=C5C(=O)NC)C(CCC(=O)O)C4C)c(C)c3CO. The van der Waals surface area contributed by atoms with Crippen LogP contribution in [0.15, 0.2) is 18.2 Å². The van der Waals surface area contributed by atoms with E-state index in [9.17, 15) is 24.6 Å². The second kappa shape index (κ2) is 12.9. The minimum atomic E-state index is -0.942.